The highest BCUT2D eigenvalue weighted by atomic mass is 79.9. The zero-order valence-electron chi connectivity index (χ0n) is 8.22. The average molecular weight is 322 g/mol. The van der Waals surface area contributed by atoms with Crippen LogP contribution >= 0.6 is 31.9 Å². The Hall–Kier alpha value is -0.0200. The molecule has 0 radical (unpaired) electrons. The maximum atomic E-state index is 5.59. The fourth-order valence-corrected chi connectivity index (χ4v) is 1.91. The van der Waals surface area contributed by atoms with Crippen molar-refractivity contribution in [2.24, 2.45) is 0 Å². The van der Waals surface area contributed by atoms with Crippen molar-refractivity contribution in [3.8, 4) is 5.75 Å². The van der Waals surface area contributed by atoms with Gasteiger partial charge in [-0.3, -0.25) is 0 Å². The molecule has 0 saturated carbocycles. The van der Waals surface area contributed by atoms with Gasteiger partial charge < -0.3 is 4.74 Å². The van der Waals surface area contributed by atoms with Crippen LogP contribution in [0.15, 0.2) is 22.7 Å². The molecule has 0 saturated heterocycles. The van der Waals surface area contributed by atoms with Gasteiger partial charge in [-0.2, -0.15) is 0 Å². The maximum absolute atomic E-state index is 5.59. The monoisotopic (exact) mass is 320 g/mol. The van der Waals surface area contributed by atoms with Gasteiger partial charge in [-0.15, -0.1) is 0 Å². The minimum absolute atomic E-state index is 0.774. The second kappa shape index (κ2) is 6.46. The molecule has 3 heteroatoms. The minimum Gasteiger partial charge on any atom is -0.494 e. The Bertz CT molecular complexity index is 287. The standard InChI is InChI=1S/C11H14Br2O/c1-2-9-8-10(4-5-11(9)13)14-7-3-6-12/h4-5,8H,2-3,6-7H2,1H3. The summed E-state index contributed by atoms with van der Waals surface area (Å²) in [5.74, 6) is 0.964. The summed E-state index contributed by atoms with van der Waals surface area (Å²) in [5.41, 5.74) is 1.29. The fraction of sp³-hybridized carbons (Fsp3) is 0.455. The van der Waals surface area contributed by atoms with E-state index in [2.05, 4.69) is 44.8 Å². The van der Waals surface area contributed by atoms with E-state index in [1.165, 1.54) is 5.56 Å². The molecule has 0 aliphatic rings. The van der Waals surface area contributed by atoms with Gasteiger partial charge >= 0.3 is 0 Å². The number of aryl methyl sites for hydroxylation is 1. The van der Waals surface area contributed by atoms with Gasteiger partial charge in [-0.1, -0.05) is 38.8 Å². The van der Waals surface area contributed by atoms with Gasteiger partial charge in [-0.05, 0) is 36.6 Å². The van der Waals surface area contributed by atoms with Gasteiger partial charge in [0, 0.05) is 9.80 Å². The van der Waals surface area contributed by atoms with E-state index < -0.39 is 0 Å². The average Bonchev–Trinajstić information content (AvgIpc) is 2.21. The van der Waals surface area contributed by atoms with E-state index in [0.717, 1.165) is 35.0 Å². The van der Waals surface area contributed by atoms with Crippen LogP contribution in [0.4, 0.5) is 0 Å². The zero-order chi connectivity index (χ0) is 10.4. The van der Waals surface area contributed by atoms with Crippen LogP contribution in [0, 0.1) is 0 Å². The summed E-state index contributed by atoms with van der Waals surface area (Å²) in [6.45, 7) is 2.92. The van der Waals surface area contributed by atoms with E-state index >= 15 is 0 Å². The van der Waals surface area contributed by atoms with Gasteiger partial charge in [0.15, 0.2) is 0 Å². The summed E-state index contributed by atoms with van der Waals surface area (Å²) in [4.78, 5) is 0. The van der Waals surface area contributed by atoms with Crippen LogP contribution in [0.5, 0.6) is 5.75 Å². The highest BCUT2D eigenvalue weighted by Gasteiger charge is 2.00. The third kappa shape index (κ3) is 3.62. The minimum atomic E-state index is 0.774. The van der Waals surface area contributed by atoms with Crippen LogP contribution < -0.4 is 4.74 Å². The number of alkyl halides is 1. The van der Waals surface area contributed by atoms with Crippen LogP contribution in [0.25, 0.3) is 0 Å². The first-order chi connectivity index (χ1) is 6.77. The number of halogens is 2. The van der Waals surface area contributed by atoms with E-state index in [-0.39, 0.29) is 0 Å². The molecule has 14 heavy (non-hydrogen) atoms. The zero-order valence-corrected chi connectivity index (χ0v) is 11.4. The van der Waals surface area contributed by atoms with Crippen molar-refractivity contribution in [3.05, 3.63) is 28.2 Å². The molecule has 1 aromatic rings. The summed E-state index contributed by atoms with van der Waals surface area (Å²) in [6.07, 6.45) is 2.06. The van der Waals surface area contributed by atoms with Crippen LogP contribution in [0.2, 0.25) is 0 Å². The summed E-state index contributed by atoms with van der Waals surface area (Å²) in [5, 5.41) is 0.990. The molecular formula is C11H14Br2O. The van der Waals surface area contributed by atoms with E-state index in [9.17, 15) is 0 Å². The fourth-order valence-electron chi connectivity index (χ4n) is 1.16. The summed E-state index contributed by atoms with van der Waals surface area (Å²) in [6, 6.07) is 6.14. The lowest BCUT2D eigenvalue weighted by molar-refractivity contribution is 0.319. The van der Waals surface area contributed by atoms with Crippen LogP contribution in [-0.4, -0.2) is 11.9 Å². The summed E-state index contributed by atoms with van der Waals surface area (Å²) in [7, 11) is 0. The van der Waals surface area contributed by atoms with E-state index in [0.29, 0.717) is 0 Å². The van der Waals surface area contributed by atoms with Gasteiger partial charge in [0.2, 0.25) is 0 Å². The third-order valence-corrected chi connectivity index (χ3v) is 3.28. The van der Waals surface area contributed by atoms with Crippen molar-refractivity contribution in [2.75, 3.05) is 11.9 Å². The molecule has 1 rings (SSSR count). The highest BCUT2D eigenvalue weighted by molar-refractivity contribution is 9.10. The number of hydrogen-bond donors (Lipinski definition) is 0. The topological polar surface area (TPSA) is 9.23 Å². The lowest BCUT2D eigenvalue weighted by Crippen LogP contribution is -1.98. The second-order valence-electron chi connectivity index (χ2n) is 3.00. The van der Waals surface area contributed by atoms with E-state index in [1.807, 2.05) is 12.1 Å². The molecule has 0 bridgehead atoms. The van der Waals surface area contributed by atoms with Crippen molar-refractivity contribution in [1.82, 2.24) is 0 Å². The van der Waals surface area contributed by atoms with Crippen LogP contribution in [0.1, 0.15) is 18.9 Å². The Morgan fingerprint density at radius 2 is 2.14 bits per heavy atom. The Labute approximate surface area is 102 Å². The molecule has 0 fully saturated rings. The summed E-state index contributed by atoms with van der Waals surface area (Å²) >= 11 is 6.88. The predicted molar refractivity (Wildman–Crippen MR) is 67.4 cm³/mol. The lowest BCUT2D eigenvalue weighted by atomic mass is 10.2. The molecule has 0 amide bonds. The number of hydrogen-bond acceptors (Lipinski definition) is 1. The number of benzene rings is 1. The molecule has 0 unspecified atom stereocenters. The first kappa shape index (κ1) is 12.1. The van der Waals surface area contributed by atoms with Crippen LogP contribution in [0.3, 0.4) is 0 Å². The van der Waals surface area contributed by atoms with Crippen molar-refractivity contribution in [3.63, 3.8) is 0 Å². The third-order valence-electron chi connectivity index (χ3n) is 1.94. The first-order valence-corrected chi connectivity index (χ1v) is 6.66. The highest BCUT2D eigenvalue weighted by Crippen LogP contribution is 2.23. The Balaban J connectivity index is 2.60. The van der Waals surface area contributed by atoms with Gasteiger partial charge in [0.1, 0.15) is 5.75 Å². The molecule has 78 valence electrons. The lowest BCUT2D eigenvalue weighted by Gasteiger charge is -2.07. The van der Waals surface area contributed by atoms with Crippen molar-refractivity contribution in [2.45, 2.75) is 19.8 Å². The van der Waals surface area contributed by atoms with Gasteiger partial charge in [0.05, 0.1) is 6.61 Å². The van der Waals surface area contributed by atoms with Crippen molar-refractivity contribution in [1.29, 1.82) is 0 Å². The second-order valence-corrected chi connectivity index (χ2v) is 4.65. The Morgan fingerprint density at radius 3 is 2.79 bits per heavy atom. The largest absolute Gasteiger partial charge is 0.494 e. The molecule has 1 aromatic carbocycles. The predicted octanol–water partition coefficient (Wildman–Crippen LogP) is 4.18. The molecule has 0 heterocycles. The molecule has 1 nitrogen and oxygen atoms in total. The quantitative estimate of drug-likeness (QED) is 0.584. The Morgan fingerprint density at radius 1 is 1.36 bits per heavy atom. The molecule has 0 aromatic heterocycles. The molecule has 0 spiro atoms. The molecule has 0 aliphatic carbocycles. The van der Waals surface area contributed by atoms with Crippen molar-refractivity contribution < 1.29 is 4.74 Å². The maximum Gasteiger partial charge on any atom is 0.119 e. The van der Waals surface area contributed by atoms with Crippen molar-refractivity contribution >= 4 is 31.9 Å². The number of ether oxygens (including phenoxy) is 1. The van der Waals surface area contributed by atoms with Gasteiger partial charge in [-0.25, -0.2) is 0 Å². The smallest absolute Gasteiger partial charge is 0.119 e. The first-order valence-electron chi connectivity index (χ1n) is 4.75. The normalized spacial score (nSPS) is 10.2. The van der Waals surface area contributed by atoms with E-state index in [4.69, 9.17) is 4.74 Å². The van der Waals surface area contributed by atoms with E-state index in [1.54, 1.807) is 0 Å². The van der Waals surface area contributed by atoms with Gasteiger partial charge in [0.25, 0.3) is 0 Å². The SMILES string of the molecule is CCc1cc(OCCCBr)ccc1Br. The number of rotatable bonds is 5. The molecule has 0 atom stereocenters. The molecular weight excluding hydrogens is 308 g/mol. The molecule has 0 aliphatic heterocycles. The summed E-state index contributed by atoms with van der Waals surface area (Å²) < 4.78 is 6.75. The molecule has 0 N–H and O–H groups in total. The Kier molecular flexibility index (Phi) is 5.56. The van der Waals surface area contributed by atoms with Crippen LogP contribution in [-0.2, 0) is 6.42 Å².